The molecular weight excluding hydrogens is 326 g/mol. The van der Waals surface area contributed by atoms with E-state index < -0.39 is 10.0 Å². The summed E-state index contributed by atoms with van der Waals surface area (Å²) in [5.74, 6) is 0.724. The lowest BCUT2D eigenvalue weighted by molar-refractivity contribution is 0.151. The average molecular weight is 350 g/mol. The van der Waals surface area contributed by atoms with Crippen molar-refractivity contribution in [2.45, 2.75) is 37.4 Å². The number of nitrogens with one attached hydrogen (secondary N) is 1. The predicted octanol–water partition coefficient (Wildman–Crippen LogP) is 1.28. The number of halogens is 1. The second kappa shape index (κ2) is 7.31. The minimum absolute atomic E-state index is 0. The SMILES string of the molecule is C[C@@H]1CNCCN1Cc1ccc(S(=O)(=O)N2CCCC2)o1.Cl. The number of sulfonamides is 1. The van der Waals surface area contributed by atoms with E-state index in [1.165, 1.54) is 4.31 Å². The molecule has 0 radical (unpaired) electrons. The molecular formula is C14H24ClN3O3S. The summed E-state index contributed by atoms with van der Waals surface area (Å²) >= 11 is 0. The third kappa shape index (κ3) is 3.65. The Morgan fingerprint density at radius 1 is 1.27 bits per heavy atom. The first kappa shape index (κ1) is 17.7. The van der Waals surface area contributed by atoms with Gasteiger partial charge in [-0.1, -0.05) is 0 Å². The highest BCUT2D eigenvalue weighted by atomic mass is 35.5. The molecule has 3 rings (SSSR count). The first-order valence-corrected chi connectivity index (χ1v) is 9.05. The fourth-order valence-electron chi connectivity index (χ4n) is 2.96. The van der Waals surface area contributed by atoms with E-state index in [9.17, 15) is 8.42 Å². The Morgan fingerprint density at radius 3 is 2.68 bits per heavy atom. The normalized spacial score (nSPS) is 24.3. The van der Waals surface area contributed by atoms with Gasteiger partial charge in [0.2, 0.25) is 5.09 Å². The van der Waals surface area contributed by atoms with Crippen molar-refractivity contribution in [3.05, 3.63) is 17.9 Å². The van der Waals surface area contributed by atoms with Crippen molar-refractivity contribution in [2.75, 3.05) is 32.7 Å². The van der Waals surface area contributed by atoms with E-state index in [0.717, 1.165) is 38.2 Å². The van der Waals surface area contributed by atoms with Crippen molar-refractivity contribution in [3.8, 4) is 0 Å². The number of furan rings is 1. The van der Waals surface area contributed by atoms with Gasteiger partial charge in [0.1, 0.15) is 5.76 Å². The highest BCUT2D eigenvalue weighted by molar-refractivity contribution is 7.89. The van der Waals surface area contributed by atoms with Gasteiger partial charge >= 0.3 is 0 Å². The van der Waals surface area contributed by atoms with Crippen molar-refractivity contribution in [2.24, 2.45) is 0 Å². The number of piperazine rings is 1. The maximum Gasteiger partial charge on any atom is 0.276 e. The lowest BCUT2D eigenvalue weighted by Crippen LogP contribution is -2.49. The van der Waals surface area contributed by atoms with Crippen LogP contribution in [0.1, 0.15) is 25.5 Å². The molecule has 0 bridgehead atoms. The Balaban J connectivity index is 0.00000176. The van der Waals surface area contributed by atoms with Crippen LogP contribution in [0.3, 0.4) is 0 Å². The molecule has 2 aliphatic heterocycles. The maximum atomic E-state index is 12.4. The smallest absolute Gasteiger partial charge is 0.276 e. The zero-order chi connectivity index (χ0) is 14.9. The standard InChI is InChI=1S/C14H23N3O3S.ClH/c1-12-10-15-6-9-16(12)11-13-4-5-14(20-13)21(18,19)17-7-2-3-8-17;/h4-5,12,15H,2-3,6-11H2,1H3;1H/t12-;/m1./s1. The fraction of sp³-hybridized carbons (Fsp3) is 0.714. The van der Waals surface area contributed by atoms with Gasteiger partial charge in [0.05, 0.1) is 6.54 Å². The van der Waals surface area contributed by atoms with E-state index in [2.05, 4.69) is 17.1 Å². The lowest BCUT2D eigenvalue weighted by atomic mass is 10.2. The number of hydrogen-bond acceptors (Lipinski definition) is 5. The van der Waals surface area contributed by atoms with Crippen LogP contribution in [0.15, 0.2) is 21.6 Å². The minimum Gasteiger partial charge on any atom is -0.447 e. The Kier molecular flexibility index (Phi) is 5.90. The lowest BCUT2D eigenvalue weighted by Gasteiger charge is -2.33. The molecule has 0 amide bonds. The van der Waals surface area contributed by atoms with Crippen molar-refractivity contribution >= 4 is 22.4 Å². The van der Waals surface area contributed by atoms with Gasteiger partial charge in [-0.3, -0.25) is 4.90 Å². The number of hydrogen-bond donors (Lipinski definition) is 1. The molecule has 1 N–H and O–H groups in total. The van der Waals surface area contributed by atoms with Gasteiger partial charge in [0.15, 0.2) is 0 Å². The highest BCUT2D eigenvalue weighted by Gasteiger charge is 2.30. The van der Waals surface area contributed by atoms with Crippen molar-refractivity contribution in [1.82, 2.24) is 14.5 Å². The Labute approximate surface area is 138 Å². The first-order valence-electron chi connectivity index (χ1n) is 7.61. The Morgan fingerprint density at radius 2 is 2.00 bits per heavy atom. The van der Waals surface area contributed by atoms with E-state index in [1.54, 1.807) is 12.1 Å². The monoisotopic (exact) mass is 349 g/mol. The van der Waals surface area contributed by atoms with Crippen LogP contribution in [0, 0.1) is 0 Å². The molecule has 1 aromatic rings. The van der Waals surface area contributed by atoms with Crippen LogP contribution in [0.5, 0.6) is 0 Å². The van der Waals surface area contributed by atoms with Crippen molar-refractivity contribution < 1.29 is 12.8 Å². The van der Waals surface area contributed by atoms with Gasteiger partial charge in [-0.15, -0.1) is 12.4 Å². The molecule has 22 heavy (non-hydrogen) atoms. The van der Waals surface area contributed by atoms with Gasteiger partial charge in [-0.05, 0) is 31.9 Å². The largest absolute Gasteiger partial charge is 0.447 e. The van der Waals surface area contributed by atoms with Gasteiger partial charge in [0, 0.05) is 38.8 Å². The predicted molar refractivity (Wildman–Crippen MR) is 86.7 cm³/mol. The second-order valence-corrected chi connectivity index (χ2v) is 7.72. The summed E-state index contributed by atoms with van der Waals surface area (Å²) in [6.07, 6.45) is 1.87. The molecule has 8 heteroatoms. The molecule has 2 fully saturated rings. The van der Waals surface area contributed by atoms with Crippen LogP contribution in [0.4, 0.5) is 0 Å². The summed E-state index contributed by atoms with van der Waals surface area (Å²) in [5, 5.41) is 3.43. The van der Waals surface area contributed by atoms with Crippen LogP contribution >= 0.6 is 12.4 Å². The average Bonchev–Trinajstić information content (AvgIpc) is 3.12. The summed E-state index contributed by atoms with van der Waals surface area (Å²) in [5.41, 5.74) is 0. The molecule has 0 spiro atoms. The van der Waals surface area contributed by atoms with Gasteiger partial charge in [0.25, 0.3) is 10.0 Å². The quantitative estimate of drug-likeness (QED) is 0.887. The highest BCUT2D eigenvalue weighted by Crippen LogP contribution is 2.23. The molecule has 126 valence electrons. The number of nitrogens with zero attached hydrogens (tertiary/aromatic N) is 2. The third-order valence-electron chi connectivity index (χ3n) is 4.29. The first-order chi connectivity index (χ1) is 10.1. The molecule has 2 aliphatic rings. The summed E-state index contributed by atoms with van der Waals surface area (Å²) in [4.78, 5) is 2.31. The summed E-state index contributed by atoms with van der Waals surface area (Å²) < 4.78 is 32.0. The van der Waals surface area contributed by atoms with Crippen LogP contribution in [0.2, 0.25) is 0 Å². The summed E-state index contributed by atoms with van der Waals surface area (Å²) in [6.45, 7) is 6.91. The molecule has 0 saturated carbocycles. The summed E-state index contributed by atoms with van der Waals surface area (Å²) in [6, 6.07) is 3.82. The molecule has 1 atom stereocenters. The van der Waals surface area contributed by atoms with Gasteiger partial charge in [-0.2, -0.15) is 4.31 Å². The molecule has 6 nitrogen and oxygen atoms in total. The van der Waals surface area contributed by atoms with Gasteiger partial charge in [-0.25, -0.2) is 8.42 Å². The van der Waals surface area contributed by atoms with E-state index in [-0.39, 0.29) is 17.5 Å². The van der Waals surface area contributed by atoms with E-state index in [4.69, 9.17) is 4.42 Å². The molecule has 2 saturated heterocycles. The van der Waals surface area contributed by atoms with Crippen LogP contribution in [-0.2, 0) is 16.6 Å². The molecule has 3 heterocycles. The van der Waals surface area contributed by atoms with Gasteiger partial charge < -0.3 is 9.73 Å². The van der Waals surface area contributed by atoms with Crippen LogP contribution < -0.4 is 5.32 Å². The molecule has 0 aliphatic carbocycles. The fourth-order valence-corrected chi connectivity index (χ4v) is 4.40. The third-order valence-corrected chi connectivity index (χ3v) is 6.07. The second-order valence-electron chi connectivity index (χ2n) is 5.86. The van der Waals surface area contributed by atoms with E-state index >= 15 is 0 Å². The molecule has 0 unspecified atom stereocenters. The number of rotatable bonds is 4. The topological polar surface area (TPSA) is 65.8 Å². The minimum atomic E-state index is -3.44. The molecule has 0 aromatic carbocycles. The zero-order valence-electron chi connectivity index (χ0n) is 12.8. The Hall–Kier alpha value is -0.600. The zero-order valence-corrected chi connectivity index (χ0v) is 14.5. The Bertz CT molecular complexity index is 584. The summed E-state index contributed by atoms with van der Waals surface area (Å²) in [7, 11) is -3.44. The van der Waals surface area contributed by atoms with Crippen LogP contribution in [0.25, 0.3) is 0 Å². The maximum absolute atomic E-state index is 12.4. The van der Waals surface area contributed by atoms with E-state index in [1.807, 2.05) is 0 Å². The van der Waals surface area contributed by atoms with E-state index in [0.29, 0.717) is 25.7 Å². The van der Waals surface area contributed by atoms with Crippen LogP contribution in [-0.4, -0.2) is 56.4 Å². The molecule has 1 aromatic heterocycles. The van der Waals surface area contributed by atoms with Crippen molar-refractivity contribution in [3.63, 3.8) is 0 Å². The van der Waals surface area contributed by atoms with Crippen molar-refractivity contribution in [1.29, 1.82) is 0 Å².